The third-order valence-corrected chi connectivity index (χ3v) is 6.57. The summed E-state index contributed by atoms with van der Waals surface area (Å²) in [6.07, 6.45) is 0.135. The Hall–Kier alpha value is -2.46. The van der Waals surface area contributed by atoms with Crippen LogP contribution in [0.15, 0.2) is 24.3 Å². The molecule has 2 rings (SSSR count). The van der Waals surface area contributed by atoms with Crippen molar-refractivity contribution in [3.05, 3.63) is 29.8 Å². The van der Waals surface area contributed by atoms with Crippen LogP contribution in [0.4, 0.5) is 10.5 Å². The molecule has 0 saturated carbocycles. The van der Waals surface area contributed by atoms with Gasteiger partial charge in [0.15, 0.2) is 0 Å². The smallest absolute Gasteiger partial charge is 0.329 e. The van der Waals surface area contributed by atoms with E-state index in [2.05, 4.69) is 24.5 Å². The molecule has 0 radical (unpaired) electrons. The molecule has 4 amide bonds. The maximum atomic E-state index is 12.6. The summed E-state index contributed by atoms with van der Waals surface area (Å²) in [5, 5.41) is 5.12. The lowest BCUT2D eigenvalue weighted by Crippen LogP contribution is -2.35. The predicted octanol–water partition coefficient (Wildman–Crippen LogP) is 1.02. The Balaban J connectivity index is 1.87. The summed E-state index contributed by atoms with van der Waals surface area (Å²) in [5.41, 5.74) is 1.59. The number of nitrogens with zero attached hydrogens (tertiary/aromatic N) is 2. The van der Waals surface area contributed by atoms with Crippen LogP contribution in [-0.4, -0.2) is 63.0 Å². The van der Waals surface area contributed by atoms with Crippen LogP contribution in [0.2, 0.25) is 0 Å². The van der Waals surface area contributed by atoms with Gasteiger partial charge in [0, 0.05) is 27.1 Å². The Labute approximate surface area is 171 Å². The van der Waals surface area contributed by atoms with Gasteiger partial charge in [0.1, 0.15) is 6.04 Å². The van der Waals surface area contributed by atoms with Crippen LogP contribution in [0.5, 0.6) is 0 Å². The summed E-state index contributed by atoms with van der Waals surface area (Å²) < 4.78 is 24.4. The molecular weight excluding hydrogens is 396 g/mol. The Bertz CT molecular complexity index is 865. The van der Waals surface area contributed by atoms with E-state index in [1.807, 2.05) is 12.1 Å². The van der Waals surface area contributed by atoms with Crippen LogP contribution in [0, 0.1) is 0 Å². The molecule has 1 fully saturated rings. The second-order valence-corrected chi connectivity index (χ2v) is 9.71. The van der Waals surface area contributed by atoms with Gasteiger partial charge in [0.05, 0.1) is 11.4 Å². The van der Waals surface area contributed by atoms with Crippen molar-refractivity contribution in [3.8, 4) is 0 Å². The van der Waals surface area contributed by atoms with Gasteiger partial charge in [-0.3, -0.25) is 9.59 Å². The third-order valence-electron chi connectivity index (χ3n) is 4.74. The molecule has 1 aliphatic rings. The summed E-state index contributed by atoms with van der Waals surface area (Å²) in [6, 6.07) is 5.91. The van der Waals surface area contributed by atoms with E-state index in [9.17, 15) is 22.8 Å². The molecule has 1 saturated heterocycles. The van der Waals surface area contributed by atoms with Gasteiger partial charge in [0.2, 0.25) is 15.9 Å². The maximum Gasteiger partial charge on any atom is 0.329 e. The molecule has 0 spiro atoms. The highest BCUT2D eigenvalue weighted by Crippen LogP contribution is 2.24. The van der Waals surface area contributed by atoms with Gasteiger partial charge in [-0.2, -0.15) is 0 Å². The van der Waals surface area contributed by atoms with Gasteiger partial charge in [-0.15, -0.1) is 0 Å². The topological polar surface area (TPSA) is 116 Å². The SMILES string of the molecule is CC(C)c1ccc(N2C(=O)N[C@H](CCC(=O)NCCS(=O)(=O)N(C)C)C2=O)cc1. The van der Waals surface area contributed by atoms with Crippen molar-refractivity contribution in [2.45, 2.75) is 38.6 Å². The molecule has 29 heavy (non-hydrogen) atoms. The van der Waals surface area contributed by atoms with Gasteiger partial charge in [0.25, 0.3) is 5.91 Å². The number of anilines is 1. The van der Waals surface area contributed by atoms with Crippen molar-refractivity contribution in [1.82, 2.24) is 14.9 Å². The number of amides is 4. The zero-order valence-corrected chi connectivity index (χ0v) is 18.0. The van der Waals surface area contributed by atoms with Gasteiger partial charge in [-0.25, -0.2) is 22.4 Å². The van der Waals surface area contributed by atoms with E-state index in [-0.39, 0.29) is 31.0 Å². The number of rotatable bonds is 9. The van der Waals surface area contributed by atoms with Crippen LogP contribution >= 0.6 is 0 Å². The molecule has 2 N–H and O–H groups in total. The molecule has 10 heteroatoms. The molecule has 0 aliphatic carbocycles. The minimum Gasteiger partial charge on any atom is -0.355 e. The summed E-state index contributed by atoms with van der Waals surface area (Å²) >= 11 is 0. The average Bonchev–Trinajstić information content (AvgIpc) is 2.93. The highest BCUT2D eigenvalue weighted by atomic mass is 32.2. The van der Waals surface area contributed by atoms with Crippen molar-refractivity contribution in [2.24, 2.45) is 0 Å². The van der Waals surface area contributed by atoms with Gasteiger partial charge in [-0.05, 0) is 30.0 Å². The molecule has 1 aromatic carbocycles. The van der Waals surface area contributed by atoms with Crippen molar-refractivity contribution in [2.75, 3.05) is 31.3 Å². The summed E-state index contributed by atoms with van der Waals surface area (Å²) in [6.45, 7) is 4.10. The number of hydrogen-bond donors (Lipinski definition) is 2. The number of nitrogens with one attached hydrogen (secondary N) is 2. The first-order chi connectivity index (χ1) is 13.5. The Morgan fingerprint density at radius 3 is 2.38 bits per heavy atom. The largest absolute Gasteiger partial charge is 0.355 e. The highest BCUT2D eigenvalue weighted by molar-refractivity contribution is 7.89. The van der Waals surface area contributed by atoms with Crippen molar-refractivity contribution >= 4 is 33.6 Å². The standard InChI is InChI=1S/C19H28N4O5S/c1-13(2)14-5-7-15(8-6-14)23-18(25)16(21-19(23)26)9-10-17(24)20-11-12-29(27,28)22(3)4/h5-8,13,16H,9-12H2,1-4H3,(H,20,24)(H,21,26)/t16-/m1/s1. The lowest BCUT2D eigenvalue weighted by Gasteiger charge is -2.14. The molecule has 1 heterocycles. The molecule has 0 unspecified atom stereocenters. The van der Waals surface area contributed by atoms with Crippen LogP contribution in [0.25, 0.3) is 0 Å². The number of carbonyl (C=O) groups excluding carboxylic acids is 3. The number of imide groups is 1. The highest BCUT2D eigenvalue weighted by Gasteiger charge is 2.38. The molecule has 9 nitrogen and oxygen atoms in total. The quantitative estimate of drug-likeness (QED) is 0.574. The third kappa shape index (κ3) is 5.77. The molecule has 1 aromatic rings. The van der Waals surface area contributed by atoms with Gasteiger partial charge in [-0.1, -0.05) is 26.0 Å². The zero-order chi connectivity index (χ0) is 21.8. The number of hydrogen-bond acceptors (Lipinski definition) is 5. The first-order valence-corrected chi connectivity index (χ1v) is 11.0. The van der Waals surface area contributed by atoms with E-state index in [1.54, 1.807) is 12.1 Å². The van der Waals surface area contributed by atoms with Gasteiger partial charge < -0.3 is 10.6 Å². The molecule has 0 aromatic heterocycles. The summed E-state index contributed by atoms with van der Waals surface area (Å²) in [7, 11) is -0.538. The summed E-state index contributed by atoms with van der Waals surface area (Å²) in [4.78, 5) is 37.8. The first-order valence-electron chi connectivity index (χ1n) is 9.44. The van der Waals surface area contributed by atoms with Crippen LogP contribution in [0.1, 0.15) is 38.2 Å². The Kier molecular flexibility index (Phi) is 7.37. The average molecular weight is 425 g/mol. The molecule has 0 bridgehead atoms. The normalized spacial score (nSPS) is 17.2. The van der Waals surface area contributed by atoms with Crippen LogP contribution < -0.4 is 15.5 Å². The van der Waals surface area contributed by atoms with Crippen LogP contribution in [0.3, 0.4) is 0 Å². The number of benzene rings is 1. The Morgan fingerprint density at radius 1 is 1.21 bits per heavy atom. The van der Waals surface area contributed by atoms with E-state index in [4.69, 9.17) is 0 Å². The number of sulfonamides is 1. The lowest BCUT2D eigenvalue weighted by molar-refractivity contribution is -0.121. The second-order valence-electron chi connectivity index (χ2n) is 7.41. The maximum absolute atomic E-state index is 12.6. The van der Waals surface area contributed by atoms with E-state index in [0.717, 1.165) is 14.8 Å². The first kappa shape index (κ1) is 22.8. The molecule has 1 aliphatic heterocycles. The minimum absolute atomic E-state index is 0.00116. The second kappa shape index (κ2) is 9.36. The lowest BCUT2D eigenvalue weighted by atomic mass is 10.0. The van der Waals surface area contributed by atoms with Crippen molar-refractivity contribution < 1.29 is 22.8 Å². The minimum atomic E-state index is -3.39. The summed E-state index contributed by atoms with van der Waals surface area (Å²) in [5.74, 6) is -0.646. The number of carbonyl (C=O) groups is 3. The fourth-order valence-corrected chi connectivity index (χ4v) is 3.57. The van der Waals surface area contributed by atoms with Gasteiger partial charge >= 0.3 is 6.03 Å². The number of urea groups is 1. The monoisotopic (exact) mass is 424 g/mol. The molecule has 1 atom stereocenters. The zero-order valence-electron chi connectivity index (χ0n) is 17.1. The van der Waals surface area contributed by atoms with Crippen molar-refractivity contribution in [1.29, 1.82) is 0 Å². The Morgan fingerprint density at radius 2 is 1.83 bits per heavy atom. The fourth-order valence-electron chi connectivity index (χ4n) is 2.85. The predicted molar refractivity (Wildman–Crippen MR) is 110 cm³/mol. The van der Waals surface area contributed by atoms with E-state index in [1.165, 1.54) is 14.1 Å². The fraction of sp³-hybridized carbons (Fsp3) is 0.526. The van der Waals surface area contributed by atoms with E-state index >= 15 is 0 Å². The van der Waals surface area contributed by atoms with E-state index < -0.39 is 28.0 Å². The van der Waals surface area contributed by atoms with E-state index in [0.29, 0.717) is 11.6 Å². The van der Waals surface area contributed by atoms with Crippen LogP contribution in [-0.2, 0) is 19.6 Å². The molecular formula is C19H28N4O5S. The van der Waals surface area contributed by atoms with Crippen molar-refractivity contribution in [3.63, 3.8) is 0 Å². The molecule has 160 valence electrons.